The van der Waals surface area contributed by atoms with E-state index in [1.807, 2.05) is 19.3 Å². The molecule has 1 N–H and O–H groups in total. The topological polar surface area (TPSA) is 58.9 Å². The lowest BCUT2D eigenvalue weighted by Gasteiger charge is -2.21. The van der Waals surface area contributed by atoms with Gasteiger partial charge in [0.1, 0.15) is 0 Å². The van der Waals surface area contributed by atoms with Crippen molar-refractivity contribution in [3.8, 4) is 0 Å². The molecule has 1 aromatic rings. The summed E-state index contributed by atoms with van der Waals surface area (Å²) in [7, 11) is 3.59. The van der Waals surface area contributed by atoms with Gasteiger partial charge in [-0.1, -0.05) is 6.07 Å². The summed E-state index contributed by atoms with van der Waals surface area (Å²) in [6.45, 7) is 4.50. The molecule has 6 nitrogen and oxygen atoms in total. The Morgan fingerprint density at radius 2 is 2.30 bits per heavy atom. The Balaban J connectivity index is 1.67. The molecule has 1 aliphatic rings. The molecular weight excluding hydrogens is 292 g/mol. The van der Waals surface area contributed by atoms with E-state index in [1.54, 1.807) is 23.8 Å². The van der Waals surface area contributed by atoms with Crippen molar-refractivity contribution >= 4 is 5.96 Å². The SMILES string of the molecule is CN=C(NCCCCn1ccccc1=O)N1CCC(COC)C1. The second-order valence-corrected chi connectivity index (χ2v) is 5.97. The minimum Gasteiger partial charge on any atom is -0.384 e. The van der Waals surface area contributed by atoms with Crippen LogP contribution in [0.4, 0.5) is 0 Å². The summed E-state index contributed by atoms with van der Waals surface area (Å²) in [4.78, 5) is 18.3. The van der Waals surface area contributed by atoms with E-state index in [0.717, 1.165) is 58.0 Å². The van der Waals surface area contributed by atoms with Crippen molar-refractivity contribution in [2.24, 2.45) is 10.9 Å². The maximum Gasteiger partial charge on any atom is 0.250 e. The van der Waals surface area contributed by atoms with Crippen molar-refractivity contribution in [3.63, 3.8) is 0 Å². The van der Waals surface area contributed by atoms with E-state index in [-0.39, 0.29) is 5.56 Å². The van der Waals surface area contributed by atoms with E-state index in [4.69, 9.17) is 4.74 Å². The van der Waals surface area contributed by atoms with Gasteiger partial charge in [-0.2, -0.15) is 0 Å². The molecule has 0 spiro atoms. The van der Waals surface area contributed by atoms with Gasteiger partial charge < -0.3 is 19.5 Å². The van der Waals surface area contributed by atoms with E-state index in [1.165, 1.54) is 0 Å². The first-order chi connectivity index (χ1) is 11.2. The summed E-state index contributed by atoms with van der Waals surface area (Å²) in [5.74, 6) is 1.57. The largest absolute Gasteiger partial charge is 0.384 e. The van der Waals surface area contributed by atoms with E-state index >= 15 is 0 Å². The summed E-state index contributed by atoms with van der Waals surface area (Å²) in [6, 6.07) is 5.27. The lowest BCUT2D eigenvalue weighted by Crippen LogP contribution is -2.40. The van der Waals surface area contributed by atoms with Gasteiger partial charge in [0.05, 0.1) is 6.61 Å². The zero-order valence-corrected chi connectivity index (χ0v) is 14.2. The van der Waals surface area contributed by atoms with Crippen LogP contribution in [-0.2, 0) is 11.3 Å². The second kappa shape index (κ2) is 9.35. The monoisotopic (exact) mass is 320 g/mol. The molecule has 1 unspecified atom stereocenters. The van der Waals surface area contributed by atoms with Crippen LogP contribution in [0, 0.1) is 5.92 Å². The third-order valence-corrected chi connectivity index (χ3v) is 4.21. The van der Waals surface area contributed by atoms with Crippen LogP contribution in [0.2, 0.25) is 0 Å². The lowest BCUT2D eigenvalue weighted by atomic mass is 10.1. The number of nitrogens with one attached hydrogen (secondary N) is 1. The predicted molar refractivity (Wildman–Crippen MR) is 92.9 cm³/mol. The second-order valence-electron chi connectivity index (χ2n) is 5.97. The van der Waals surface area contributed by atoms with Gasteiger partial charge in [-0.05, 0) is 25.3 Å². The maximum absolute atomic E-state index is 11.6. The van der Waals surface area contributed by atoms with Crippen LogP contribution in [0.3, 0.4) is 0 Å². The van der Waals surface area contributed by atoms with Crippen molar-refractivity contribution in [3.05, 3.63) is 34.7 Å². The molecule has 0 amide bonds. The summed E-state index contributed by atoms with van der Waals surface area (Å²) >= 11 is 0. The highest BCUT2D eigenvalue weighted by molar-refractivity contribution is 5.80. The molecule has 0 radical (unpaired) electrons. The highest BCUT2D eigenvalue weighted by atomic mass is 16.5. The van der Waals surface area contributed by atoms with Crippen molar-refractivity contribution < 1.29 is 4.74 Å². The molecule has 0 aromatic carbocycles. The highest BCUT2D eigenvalue weighted by Crippen LogP contribution is 2.16. The van der Waals surface area contributed by atoms with Crippen LogP contribution in [0.25, 0.3) is 0 Å². The first-order valence-electron chi connectivity index (χ1n) is 8.34. The highest BCUT2D eigenvalue weighted by Gasteiger charge is 2.24. The summed E-state index contributed by atoms with van der Waals surface area (Å²) in [5, 5.41) is 3.42. The number of aliphatic imine (C=N–C) groups is 1. The Labute approximate surface area is 138 Å². The van der Waals surface area contributed by atoms with Crippen molar-refractivity contribution in [2.75, 3.05) is 40.4 Å². The fourth-order valence-corrected chi connectivity index (χ4v) is 2.98. The van der Waals surface area contributed by atoms with Gasteiger partial charge in [0, 0.05) is 58.5 Å². The molecule has 1 saturated heterocycles. The van der Waals surface area contributed by atoms with Gasteiger partial charge in [0.15, 0.2) is 5.96 Å². The number of unbranched alkanes of at least 4 members (excludes halogenated alkanes) is 1. The van der Waals surface area contributed by atoms with Gasteiger partial charge in [-0.25, -0.2) is 0 Å². The Morgan fingerprint density at radius 3 is 3.04 bits per heavy atom. The first-order valence-corrected chi connectivity index (χ1v) is 8.34. The Bertz CT molecular complexity index is 556. The van der Waals surface area contributed by atoms with Crippen LogP contribution in [-0.4, -0.2) is 55.8 Å². The van der Waals surface area contributed by atoms with Gasteiger partial charge in [-0.3, -0.25) is 9.79 Å². The molecule has 2 rings (SSSR count). The molecule has 1 fully saturated rings. The number of hydrogen-bond donors (Lipinski definition) is 1. The first kappa shape index (κ1) is 17.5. The molecule has 2 heterocycles. The number of likely N-dealkylation sites (tertiary alicyclic amines) is 1. The van der Waals surface area contributed by atoms with Gasteiger partial charge >= 0.3 is 0 Å². The molecule has 1 aromatic heterocycles. The van der Waals surface area contributed by atoms with Gasteiger partial charge in [0.25, 0.3) is 0 Å². The molecule has 1 aliphatic heterocycles. The Hall–Kier alpha value is -1.82. The summed E-state index contributed by atoms with van der Waals surface area (Å²) in [5.41, 5.74) is 0.0671. The average molecular weight is 320 g/mol. The number of nitrogens with zero attached hydrogens (tertiary/aromatic N) is 3. The number of methoxy groups -OCH3 is 1. The predicted octanol–water partition coefficient (Wildman–Crippen LogP) is 1.17. The zero-order valence-electron chi connectivity index (χ0n) is 14.2. The quantitative estimate of drug-likeness (QED) is 0.465. The number of aryl methyl sites for hydroxylation is 1. The average Bonchev–Trinajstić information content (AvgIpc) is 3.01. The Morgan fingerprint density at radius 1 is 1.43 bits per heavy atom. The third-order valence-electron chi connectivity index (χ3n) is 4.21. The fraction of sp³-hybridized carbons (Fsp3) is 0.647. The zero-order chi connectivity index (χ0) is 16.5. The number of guanidine groups is 1. The summed E-state index contributed by atoms with van der Waals surface area (Å²) in [6.07, 6.45) is 4.98. The molecule has 23 heavy (non-hydrogen) atoms. The fourth-order valence-electron chi connectivity index (χ4n) is 2.98. The van der Waals surface area contributed by atoms with Gasteiger partial charge in [0.2, 0.25) is 5.56 Å². The number of pyridine rings is 1. The number of aromatic nitrogens is 1. The van der Waals surface area contributed by atoms with Crippen LogP contribution in [0.5, 0.6) is 0 Å². The van der Waals surface area contributed by atoms with E-state index < -0.39 is 0 Å². The molecule has 6 heteroatoms. The Kier molecular flexibility index (Phi) is 7.13. The molecule has 128 valence electrons. The lowest BCUT2D eigenvalue weighted by molar-refractivity contribution is 0.157. The number of hydrogen-bond acceptors (Lipinski definition) is 3. The van der Waals surface area contributed by atoms with Crippen LogP contribution in [0.1, 0.15) is 19.3 Å². The van der Waals surface area contributed by atoms with Crippen molar-refractivity contribution in [1.29, 1.82) is 0 Å². The maximum atomic E-state index is 11.6. The van der Waals surface area contributed by atoms with Gasteiger partial charge in [-0.15, -0.1) is 0 Å². The number of rotatable bonds is 7. The molecule has 0 bridgehead atoms. The van der Waals surface area contributed by atoms with E-state index in [0.29, 0.717) is 5.92 Å². The smallest absolute Gasteiger partial charge is 0.250 e. The summed E-state index contributed by atoms with van der Waals surface area (Å²) < 4.78 is 6.99. The van der Waals surface area contributed by atoms with Crippen LogP contribution >= 0.6 is 0 Å². The third kappa shape index (κ3) is 5.39. The van der Waals surface area contributed by atoms with Crippen molar-refractivity contribution in [2.45, 2.75) is 25.8 Å². The molecular formula is C17H28N4O2. The minimum atomic E-state index is 0.0671. The molecule has 0 aliphatic carbocycles. The van der Waals surface area contributed by atoms with Crippen LogP contribution < -0.4 is 10.9 Å². The normalized spacial score (nSPS) is 18.4. The molecule has 0 saturated carbocycles. The van der Waals surface area contributed by atoms with Crippen LogP contribution in [0.15, 0.2) is 34.2 Å². The standard InChI is InChI=1S/C17H28N4O2/c1-18-17(21-12-8-15(13-21)14-23-2)19-9-4-6-11-20-10-5-3-7-16(20)22/h3,5,7,10,15H,4,6,8-9,11-14H2,1-2H3,(H,18,19). The van der Waals surface area contributed by atoms with E-state index in [9.17, 15) is 4.79 Å². The number of ether oxygens (including phenoxy) is 1. The van der Waals surface area contributed by atoms with Crippen molar-refractivity contribution in [1.82, 2.24) is 14.8 Å². The minimum absolute atomic E-state index is 0.0671. The molecule has 1 atom stereocenters. The van der Waals surface area contributed by atoms with E-state index in [2.05, 4.69) is 15.2 Å².